The van der Waals surface area contributed by atoms with Crippen LogP contribution in [0.2, 0.25) is 0 Å². The molecule has 2 amide bonds. The van der Waals surface area contributed by atoms with Crippen molar-refractivity contribution in [3.8, 4) is 0 Å². The molecule has 3 aromatic rings. The first kappa shape index (κ1) is 18.5. The van der Waals surface area contributed by atoms with Crippen molar-refractivity contribution in [3.63, 3.8) is 0 Å². The smallest absolute Gasteiger partial charge is 0.289 e. The lowest BCUT2D eigenvalue weighted by Gasteiger charge is -2.34. The Hall–Kier alpha value is -2.88. The minimum atomic E-state index is -0.139. The molecule has 1 aliphatic heterocycles. The van der Waals surface area contributed by atoms with E-state index in [0.717, 1.165) is 11.4 Å². The van der Waals surface area contributed by atoms with Crippen LogP contribution in [0.4, 0.5) is 0 Å². The van der Waals surface area contributed by atoms with Crippen molar-refractivity contribution < 1.29 is 14.0 Å². The average molecular weight is 400 g/mol. The molecule has 0 spiro atoms. The predicted octanol–water partition coefficient (Wildman–Crippen LogP) is 1.41. The van der Waals surface area contributed by atoms with Gasteiger partial charge in [0.05, 0.1) is 12.0 Å². The van der Waals surface area contributed by atoms with Crippen LogP contribution < -0.4 is 0 Å². The molecule has 0 atom stereocenters. The molecular weight excluding hydrogens is 380 g/mol. The molecule has 1 saturated heterocycles. The van der Waals surface area contributed by atoms with E-state index in [9.17, 15) is 9.59 Å². The number of nitrogens with zero attached hydrogens (tertiary/aromatic N) is 6. The van der Waals surface area contributed by atoms with Gasteiger partial charge in [-0.25, -0.2) is 4.98 Å². The van der Waals surface area contributed by atoms with E-state index in [1.165, 1.54) is 18.0 Å². The molecule has 4 heterocycles. The zero-order valence-corrected chi connectivity index (χ0v) is 16.5. The number of piperazine rings is 1. The van der Waals surface area contributed by atoms with E-state index in [4.69, 9.17) is 4.42 Å². The maximum Gasteiger partial charge on any atom is 0.289 e. The van der Waals surface area contributed by atoms with Gasteiger partial charge in [-0.1, -0.05) is 11.8 Å². The predicted molar refractivity (Wildman–Crippen MR) is 102 cm³/mol. The zero-order valence-electron chi connectivity index (χ0n) is 15.7. The van der Waals surface area contributed by atoms with Gasteiger partial charge in [-0.3, -0.25) is 14.0 Å². The third-order valence-corrected chi connectivity index (χ3v) is 5.55. The molecule has 1 fully saturated rings. The monoisotopic (exact) mass is 400 g/mol. The maximum atomic E-state index is 12.6. The SMILES string of the molecule is Cc1cc(C)n2c(SCC(=O)N3CCN(C(=O)c4ccco4)CC3)nnc2n1. The van der Waals surface area contributed by atoms with Gasteiger partial charge in [0.25, 0.3) is 11.7 Å². The van der Waals surface area contributed by atoms with Crippen LogP contribution in [-0.4, -0.2) is 73.1 Å². The van der Waals surface area contributed by atoms with Crippen LogP contribution in [-0.2, 0) is 4.79 Å². The van der Waals surface area contributed by atoms with Crippen LogP contribution in [0.1, 0.15) is 21.9 Å². The summed E-state index contributed by atoms with van der Waals surface area (Å²) in [5.74, 6) is 1.01. The zero-order chi connectivity index (χ0) is 19.7. The molecule has 146 valence electrons. The normalized spacial score (nSPS) is 14.6. The lowest BCUT2D eigenvalue weighted by molar-refractivity contribution is -0.129. The molecule has 0 bridgehead atoms. The fourth-order valence-electron chi connectivity index (χ4n) is 3.23. The Kier molecular flexibility index (Phi) is 5.03. The summed E-state index contributed by atoms with van der Waals surface area (Å²) in [5, 5.41) is 8.90. The van der Waals surface area contributed by atoms with E-state index in [1.807, 2.05) is 24.3 Å². The highest BCUT2D eigenvalue weighted by molar-refractivity contribution is 7.99. The summed E-state index contributed by atoms with van der Waals surface area (Å²) < 4.78 is 7.01. The standard InChI is InChI=1S/C18H20N6O3S/c1-12-10-13(2)24-17(19-12)20-21-18(24)28-11-15(25)22-5-7-23(8-6-22)16(26)14-4-3-9-27-14/h3-4,9-10H,5-8,11H2,1-2H3. The minimum Gasteiger partial charge on any atom is -0.459 e. The maximum absolute atomic E-state index is 12.6. The quantitative estimate of drug-likeness (QED) is 0.611. The topological polar surface area (TPSA) is 96.8 Å². The van der Waals surface area contributed by atoms with E-state index in [0.29, 0.717) is 42.9 Å². The van der Waals surface area contributed by atoms with Crippen LogP contribution in [0.3, 0.4) is 0 Å². The molecule has 0 N–H and O–H groups in total. The minimum absolute atomic E-state index is 0.0181. The highest BCUT2D eigenvalue weighted by Gasteiger charge is 2.26. The number of fused-ring (bicyclic) bond motifs is 1. The number of aromatic nitrogens is 4. The van der Waals surface area contributed by atoms with Crippen molar-refractivity contribution in [2.75, 3.05) is 31.9 Å². The van der Waals surface area contributed by atoms with Gasteiger partial charge in [0, 0.05) is 37.6 Å². The number of furan rings is 1. The number of aryl methyl sites for hydroxylation is 2. The van der Waals surface area contributed by atoms with Gasteiger partial charge in [-0.2, -0.15) is 0 Å². The van der Waals surface area contributed by atoms with Gasteiger partial charge in [-0.15, -0.1) is 10.2 Å². The number of amides is 2. The first-order valence-electron chi connectivity index (χ1n) is 8.95. The van der Waals surface area contributed by atoms with Gasteiger partial charge in [0.2, 0.25) is 5.91 Å². The molecule has 0 aliphatic carbocycles. The van der Waals surface area contributed by atoms with Crippen molar-refractivity contribution in [3.05, 3.63) is 41.6 Å². The Morgan fingerprint density at radius 2 is 1.89 bits per heavy atom. The van der Waals surface area contributed by atoms with Crippen LogP contribution >= 0.6 is 11.8 Å². The third-order valence-electron chi connectivity index (χ3n) is 4.64. The Labute approximate surface area is 165 Å². The van der Waals surface area contributed by atoms with Crippen LogP contribution in [0.5, 0.6) is 0 Å². The molecule has 4 rings (SSSR count). The number of carbonyl (C=O) groups is 2. The second-order valence-electron chi connectivity index (χ2n) is 6.60. The van der Waals surface area contributed by atoms with Gasteiger partial charge in [0.1, 0.15) is 0 Å². The summed E-state index contributed by atoms with van der Waals surface area (Å²) in [6.45, 7) is 5.87. The summed E-state index contributed by atoms with van der Waals surface area (Å²) in [7, 11) is 0. The average Bonchev–Trinajstić information content (AvgIpc) is 3.35. The Bertz CT molecular complexity index is 1010. The van der Waals surface area contributed by atoms with E-state index >= 15 is 0 Å². The number of rotatable bonds is 4. The first-order chi connectivity index (χ1) is 13.5. The first-order valence-corrected chi connectivity index (χ1v) is 9.94. The number of carbonyl (C=O) groups excluding carboxylic acids is 2. The molecule has 0 radical (unpaired) electrons. The van der Waals surface area contributed by atoms with Crippen LogP contribution in [0, 0.1) is 13.8 Å². The molecule has 9 nitrogen and oxygen atoms in total. The van der Waals surface area contributed by atoms with E-state index in [1.54, 1.807) is 21.9 Å². The van der Waals surface area contributed by atoms with Crippen LogP contribution in [0.25, 0.3) is 5.78 Å². The summed E-state index contributed by atoms with van der Waals surface area (Å²) in [6.07, 6.45) is 1.48. The molecule has 10 heteroatoms. The number of hydrogen-bond donors (Lipinski definition) is 0. The third kappa shape index (κ3) is 3.59. The van der Waals surface area contributed by atoms with Crippen molar-refractivity contribution in [1.82, 2.24) is 29.4 Å². The summed E-state index contributed by atoms with van der Waals surface area (Å²) in [5.41, 5.74) is 1.86. The molecule has 0 unspecified atom stereocenters. The van der Waals surface area contributed by atoms with Crippen molar-refractivity contribution in [2.45, 2.75) is 19.0 Å². The van der Waals surface area contributed by atoms with E-state index in [-0.39, 0.29) is 17.6 Å². The van der Waals surface area contributed by atoms with Crippen molar-refractivity contribution in [2.24, 2.45) is 0 Å². The van der Waals surface area contributed by atoms with E-state index in [2.05, 4.69) is 15.2 Å². The lowest BCUT2D eigenvalue weighted by atomic mass is 10.3. The molecular formula is C18H20N6O3S. The summed E-state index contributed by atoms with van der Waals surface area (Å²) in [4.78, 5) is 32.7. The molecule has 0 aromatic carbocycles. The molecule has 1 aliphatic rings. The van der Waals surface area contributed by atoms with Crippen LogP contribution in [0.15, 0.2) is 34.0 Å². The Morgan fingerprint density at radius 1 is 1.14 bits per heavy atom. The fourth-order valence-corrected chi connectivity index (χ4v) is 4.11. The van der Waals surface area contributed by atoms with Gasteiger partial charge in [0.15, 0.2) is 10.9 Å². The number of thioether (sulfide) groups is 1. The fraction of sp³-hybridized carbons (Fsp3) is 0.389. The van der Waals surface area contributed by atoms with Gasteiger partial charge in [-0.05, 0) is 32.0 Å². The summed E-state index contributed by atoms with van der Waals surface area (Å²) >= 11 is 1.35. The largest absolute Gasteiger partial charge is 0.459 e. The van der Waals surface area contributed by atoms with E-state index < -0.39 is 0 Å². The second kappa shape index (κ2) is 7.63. The molecule has 28 heavy (non-hydrogen) atoms. The number of hydrogen-bond acceptors (Lipinski definition) is 7. The second-order valence-corrected chi connectivity index (χ2v) is 7.54. The molecule has 0 saturated carbocycles. The van der Waals surface area contributed by atoms with Crippen molar-refractivity contribution >= 4 is 29.4 Å². The highest BCUT2D eigenvalue weighted by Crippen LogP contribution is 2.19. The summed E-state index contributed by atoms with van der Waals surface area (Å²) in [6, 6.07) is 5.30. The Morgan fingerprint density at radius 3 is 2.61 bits per heavy atom. The lowest BCUT2D eigenvalue weighted by Crippen LogP contribution is -2.51. The van der Waals surface area contributed by atoms with Crippen molar-refractivity contribution in [1.29, 1.82) is 0 Å². The van der Waals surface area contributed by atoms with Gasteiger partial charge < -0.3 is 14.2 Å². The van der Waals surface area contributed by atoms with Gasteiger partial charge >= 0.3 is 0 Å². The Balaban J connectivity index is 1.34. The highest BCUT2D eigenvalue weighted by atomic mass is 32.2. The molecule has 3 aromatic heterocycles.